The molecule has 0 saturated heterocycles. The molecular formula is C18H34Na2O4. The van der Waals surface area contributed by atoms with Gasteiger partial charge < -0.3 is 19.8 Å². The van der Waals surface area contributed by atoms with Gasteiger partial charge in [0.1, 0.15) is 0 Å². The molecule has 132 valence electrons. The van der Waals surface area contributed by atoms with E-state index in [0.29, 0.717) is 0 Å². The number of hydrogen-bond acceptors (Lipinski definition) is 4. The Morgan fingerprint density at radius 1 is 0.542 bits per heavy atom. The summed E-state index contributed by atoms with van der Waals surface area (Å²) in [6.07, 6.45) is 13.9. The van der Waals surface area contributed by atoms with Crippen LogP contribution in [0.25, 0.3) is 0 Å². The van der Waals surface area contributed by atoms with Crippen LogP contribution in [0.2, 0.25) is 0 Å². The van der Waals surface area contributed by atoms with Crippen molar-refractivity contribution in [1.29, 1.82) is 0 Å². The maximum absolute atomic E-state index is 10.0. The number of carboxylic acid groups (broad SMARTS) is 2. The van der Waals surface area contributed by atoms with Crippen LogP contribution in [0.15, 0.2) is 0 Å². The molecule has 0 aromatic heterocycles. The average molecular weight is 360 g/mol. The number of rotatable bonds is 14. The van der Waals surface area contributed by atoms with Crippen molar-refractivity contribution in [2.24, 2.45) is 0 Å². The van der Waals surface area contributed by atoms with Crippen molar-refractivity contribution in [2.75, 3.05) is 0 Å². The van der Waals surface area contributed by atoms with Crippen molar-refractivity contribution in [2.45, 2.75) is 104 Å². The Balaban J connectivity index is -0.000000156. The van der Waals surface area contributed by atoms with E-state index in [-0.39, 0.29) is 72.0 Å². The molecule has 0 amide bonds. The monoisotopic (exact) mass is 360 g/mol. The van der Waals surface area contributed by atoms with Gasteiger partial charge in [0, 0.05) is 11.9 Å². The molecule has 0 unspecified atom stereocenters. The molecule has 0 spiro atoms. The van der Waals surface area contributed by atoms with Gasteiger partial charge in [-0.05, 0) is 25.7 Å². The molecule has 0 fully saturated rings. The summed E-state index contributed by atoms with van der Waals surface area (Å²) in [5.74, 6) is -1.83. The van der Waals surface area contributed by atoms with Gasteiger partial charge in [0.25, 0.3) is 0 Å². The second kappa shape index (κ2) is 28.7. The van der Waals surface area contributed by atoms with Crippen molar-refractivity contribution in [1.82, 2.24) is 0 Å². The third-order valence-corrected chi connectivity index (χ3v) is 3.47. The minimum atomic E-state index is -0.920. The third-order valence-electron chi connectivity index (χ3n) is 3.47. The van der Waals surface area contributed by atoms with Crippen molar-refractivity contribution in [3.8, 4) is 0 Å². The number of unbranched alkanes of at least 4 members (excludes halogenated alkanes) is 10. The molecule has 0 radical (unpaired) electrons. The maximum atomic E-state index is 10.0. The van der Waals surface area contributed by atoms with Crippen LogP contribution in [0.5, 0.6) is 0 Å². The summed E-state index contributed by atoms with van der Waals surface area (Å²) >= 11 is 0. The first-order valence-electron chi connectivity index (χ1n) is 8.94. The normalized spacial score (nSPS) is 9.08. The Labute approximate surface area is 193 Å². The minimum absolute atomic E-state index is 0. The van der Waals surface area contributed by atoms with Crippen molar-refractivity contribution >= 4 is 11.9 Å². The molecule has 0 atom stereocenters. The Morgan fingerprint density at radius 3 is 1.04 bits per heavy atom. The molecule has 4 nitrogen and oxygen atoms in total. The maximum Gasteiger partial charge on any atom is 1.00 e. The van der Waals surface area contributed by atoms with E-state index in [2.05, 4.69) is 13.8 Å². The third kappa shape index (κ3) is 38.5. The second-order valence-corrected chi connectivity index (χ2v) is 5.78. The van der Waals surface area contributed by atoms with E-state index in [1.165, 1.54) is 44.9 Å². The standard InChI is InChI=1S/C10H20O2.C8H16O2.2Na/c1-2-3-4-5-6-7-8-9-10(11)12;1-2-3-4-5-6-7-8(9)10;;/h2-9H2,1H3,(H,11,12);2-7H2,1H3,(H,9,10);;/q;;2*+1/p-2. The van der Waals surface area contributed by atoms with E-state index in [4.69, 9.17) is 0 Å². The first kappa shape index (κ1) is 32.6. The topological polar surface area (TPSA) is 80.3 Å². The van der Waals surface area contributed by atoms with Gasteiger partial charge in [-0.3, -0.25) is 0 Å². The molecule has 0 N–H and O–H groups in total. The predicted octanol–water partition coefficient (Wildman–Crippen LogP) is -3.02. The largest absolute Gasteiger partial charge is 1.00 e. The zero-order valence-corrected chi connectivity index (χ0v) is 20.5. The van der Waals surface area contributed by atoms with E-state index in [9.17, 15) is 19.8 Å². The molecule has 6 heteroatoms. The van der Waals surface area contributed by atoms with Gasteiger partial charge in [-0.1, -0.05) is 78.1 Å². The fourth-order valence-electron chi connectivity index (χ4n) is 2.10. The number of hydrogen-bond donors (Lipinski definition) is 0. The van der Waals surface area contributed by atoms with Gasteiger partial charge in [-0.25, -0.2) is 0 Å². The van der Waals surface area contributed by atoms with Crippen molar-refractivity contribution < 1.29 is 78.9 Å². The Hall–Kier alpha value is 0.940. The van der Waals surface area contributed by atoms with E-state index in [1.54, 1.807) is 0 Å². The van der Waals surface area contributed by atoms with Crippen LogP contribution >= 0.6 is 0 Å². The minimum Gasteiger partial charge on any atom is -0.550 e. The molecule has 0 saturated carbocycles. The van der Waals surface area contributed by atoms with Crippen LogP contribution in [-0.4, -0.2) is 11.9 Å². The zero-order valence-electron chi connectivity index (χ0n) is 16.5. The molecule has 0 aliphatic heterocycles. The number of carbonyl (C=O) groups excluding carboxylic acids is 2. The van der Waals surface area contributed by atoms with E-state index in [0.717, 1.165) is 32.1 Å². The summed E-state index contributed by atoms with van der Waals surface area (Å²) < 4.78 is 0. The summed E-state index contributed by atoms with van der Waals surface area (Å²) in [4.78, 5) is 19.9. The van der Waals surface area contributed by atoms with Gasteiger partial charge in [0.05, 0.1) is 0 Å². The molecule has 0 bridgehead atoms. The summed E-state index contributed by atoms with van der Waals surface area (Å²) in [7, 11) is 0. The van der Waals surface area contributed by atoms with Crippen LogP contribution < -0.4 is 69.3 Å². The molecule has 0 rings (SSSR count). The predicted molar refractivity (Wildman–Crippen MR) is 86.0 cm³/mol. The van der Waals surface area contributed by atoms with Gasteiger partial charge in [-0.2, -0.15) is 0 Å². The summed E-state index contributed by atoms with van der Waals surface area (Å²) in [6, 6.07) is 0. The number of aliphatic carboxylic acids is 2. The van der Waals surface area contributed by atoms with Crippen LogP contribution in [-0.2, 0) is 9.59 Å². The average Bonchev–Trinajstić information content (AvgIpc) is 2.46. The number of carboxylic acids is 2. The van der Waals surface area contributed by atoms with Gasteiger partial charge in [0.15, 0.2) is 0 Å². The van der Waals surface area contributed by atoms with Crippen molar-refractivity contribution in [3.05, 3.63) is 0 Å². The first-order chi connectivity index (χ1) is 10.5. The van der Waals surface area contributed by atoms with Crippen LogP contribution in [0.1, 0.15) is 104 Å². The Bertz CT molecular complexity index is 261. The Kier molecular flexibility index (Phi) is 39.0. The summed E-state index contributed by atoms with van der Waals surface area (Å²) in [5, 5.41) is 19.9. The summed E-state index contributed by atoms with van der Waals surface area (Å²) in [6.45, 7) is 4.33. The second-order valence-electron chi connectivity index (χ2n) is 5.78. The quantitative estimate of drug-likeness (QED) is 0.244. The summed E-state index contributed by atoms with van der Waals surface area (Å²) in [5.41, 5.74) is 0. The number of carbonyl (C=O) groups is 2. The SMILES string of the molecule is CCCCCCCC(=O)[O-].CCCCCCCCCC(=O)[O-].[Na+].[Na+]. The van der Waals surface area contributed by atoms with Crippen LogP contribution in [0.3, 0.4) is 0 Å². The first-order valence-corrected chi connectivity index (χ1v) is 8.94. The smallest absolute Gasteiger partial charge is 0.550 e. The fraction of sp³-hybridized carbons (Fsp3) is 0.889. The van der Waals surface area contributed by atoms with Crippen LogP contribution in [0.4, 0.5) is 0 Å². The van der Waals surface area contributed by atoms with Crippen molar-refractivity contribution in [3.63, 3.8) is 0 Å². The fourth-order valence-corrected chi connectivity index (χ4v) is 2.10. The molecular weight excluding hydrogens is 326 g/mol. The molecule has 0 aliphatic carbocycles. The van der Waals surface area contributed by atoms with E-state index < -0.39 is 11.9 Å². The van der Waals surface area contributed by atoms with Gasteiger partial charge >= 0.3 is 59.1 Å². The van der Waals surface area contributed by atoms with E-state index >= 15 is 0 Å². The zero-order chi connectivity index (χ0) is 17.1. The molecule has 24 heavy (non-hydrogen) atoms. The molecule has 0 heterocycles. The van der Waals surface area contributed by atoms with E-state index in [1.807, 2.05) is 0 Å². The Morgan fingerprint density at radius 2 is 0.792 bits per heavy atom. The van der Waals surface area contributed by atoms with Crippen LogP contribution in [0, 0.1) is 0 Å². The van der Waals surface area contributed by atoms with Gasteiger partial charge in [0.2, 0.25) is 0 Å². The molecule has 0 aromatic rings. The molecule has 0 aliphatic rings. The molecule has 0 aromatic carbocycles. The van der Waals surface area contributed by atoms with Gasteiger partial charge in [-0.15, -0.1) is 0 Å².